The molecule has 0 aromatic carbocycles. The summed E-state index contributed by atoms with van der Waals surface area (Å²) in [5, 5.41) is 0. The van der Waals surface area contributed by atoms with Crippen LogP contribution in [0.15, 0.2) is 48.8 Å². The lowest BCUT2D eigenvalue weighted by Gasteiger charge is -2.33. The molecule has 0 aliphatic rings. The Hall–Kier alpha value is -2.49. The predicted octanol–water partition coefficient (Wildman–Crippen LogP) is 6.64. The molecule has 0 saturated carbocycles. The Kier molecular flexibility index (Phi) is 7.06. The molecule has 0 unspecified atom stereocenters. The number of rotatable bonds is 10. The molecule has 0 bridgehead atoms. The largest absolute Gasteiger partial charge is 0.341 e. The highest BCUT2D eigenvalue weighted by molar-refractivity contribution is 5.48. The first-order valence-electron chi connectivity index (χ1n) is 11.4. The molecule has 0 aliphatic heterocycles. The van der Waals surface area contributed by atoms with Crippen LogP contribution < -0.4 is 0 Å². The van der Waals surface area contributed by atoms with Crippen molar-refractivity contribution >= 4 is 0 Å². The van der Waals surface area contributed by atoms with Crippen molar-refractivity contribution in [3.05, 3.63) is 65.9 Å². The van der Waals surface area contributed by atoms with Crippen molar-refractivity contribution in [2.24, 2.45) is 0 Å². The van der Waals surface area contributed by atoms with Gasteiger partial charge in [0.05, 0.1) is 0 Å². The zero-order valence-electron chi connectivity index (χ0n) is 19.2. The molecule has 3 heterocycles. The second kappa shape index (κ2) is 9.55. The number of unbranched alkanes of at least 4 members (excludes halogenated alkanes) is 1. The van der Waals surface area contributed by atoms with Gasteiger partial charge in [0, 0.05) is 46.7 Å². The van der Waals surface area contributed by atoms with Crippen LogP contribution in [0.3, 0.4) is 0 Å². The van der Waals surface area contributed by atoms with Crippen LogP contribution in [0, 0.1) is 0 Å². The van der Waals surface area contributed by atoms with Gasteiger partial charge in [0.25, 0.3) is 0 Å². The highest BCUT2D eigenvalue weighted by Gasteiger charge is 2.32. The quantitative estimate of drug-likeness (QED) is 0.412. The molecule has 3 aromatic rings. The zero-order valence-corrected chi connectivity index (χ0v) is 19.2. The summed E-state index contributed by atoms with van der Waals surface area (Å²) in [7, 11) is 0. The third kappa shape index (κ3) is 4.80. The highest BCUT2D eigenvalue weighted by atomic mass is 14.9. The minimum atomic E-state index is -0.00916. The van der Waals surface area contributed by atoms with Gasteiger partial charge in [-0.3, -0.25) is 9.97 Å². The van der Waals surface area contributed by atoms with Gasteiger partial charge in [-0.2, -0.15) is 0 Å². The molecule has 4 heteroatoms. The van der Waals surface area contributed by atoms with Gasteiger partial charge in [-0.1, -0.05) is 59.6 Å². The van der Waals surface area contributed by atoms with Crippen LogP contribution in [0.4, 0.5) is 0 Å². The Morgan fingerprint density at radius 1 is 0.900 bits per heavy atom. The summed E-state index contributed by atoms with van der Waals surface area (Å²) in [5.41, 5.74) is 4.50. The van der Waals surface area contributed by atoms with Crippen molar-refractivity contribution in [1.82, 2.24) is 19.9 Å². The molecule has 0 spiro atoms. The topological polar surface area (TPSA) is 54.5 Å². The van der Waals surface area contributed by atoms with Gasteiger partial charge in [0.2, 0.25) is 0 Å². The van der Waals surface area contributed by atoms with E-state index in [0.29, 0.717) is 0 Å². The fourth-order valence-electron chi connectivity index (χ4n) is 4.25. The average Bonchev–Trinajstić information content (AvgIpc) is 3.25. The van der Waals surface area contributed by atoms with Gasteiger partial charge >= 0.3 is 0 Å². The maximum atomic E-state index is 5.23. The van der Waals surface area contributed by atoms with E-state index >= 15 is 0 Å². The van der Waals surface area contributed by atoms with E-state index in [2.05, 4.69) is 67.8 Å². The Morgan fingerprint density at radius 2 is 1.67 bits per heavy atom. The Bertz CT molecular complexity index is 923. The number of aromatic nitrogens is 4. The molecule has 0 saturated heterocycles. The normalized spacial score (nSPS) is 12.3. The number of H-pyrrole nitrogens is 1. The van der Waals surface area contributed by atoms with Crippen molar-refractivity contribution in [1.29, 1.82) is 0 Å². The molecule has 30 heavy (non-hydrogen) atoms. The van der Waals surface area contributed by atoms with E-state index in [4.69, 9.17) is 4.98 Å². The van der Waals surface area contributed by atoms with E-state index in [1.54, 1.807) is 6.20 Å². The van der Waals surface area contributed by atoms with Gasteiger partial charge in [0.1, 0.15) is 5.69 Å². The molecule has 0 aliphatic carbocycles. The Balaban J connectivity index is 1.90. The second-order valence-corrected chi connectivity index (χ2v) is 9.03. The van der Waals surface area contributed by atoms with E-state index in [0.717, 1.165) is 36.5 Å². The SMILES string of the molecule is CCCCC(C)(C)c1cccc(C(CC)(CC)Cc2cnc(-c3ccccn3)[nH]2)n1. The van der Waals surface area contributed by atoms with E-state index < -0.39 is 0 Å². The lowest BCUT2D eigenvalue weighted by atomic mass is 9.74. The lowest BCUT2D eigenvalue weighted by molar-refractivity contribution is 0.371. The number of hydrogen-bond acceptors (Lipinski definition) is 3. The second-order valence-electron chi connectivity index (χ2n) is 9.03. The van der Waals surface area contributed by atoms with Crippen LogP contribution in [0.1, 0.15) is 83.8 Å². The molecule has 3 rings (SSSR count). The van der Waals surface area contributed by atoms with Crippen molar-refractivity contribution < 1.29 is 0 Å². The first-order valence-corrected chi connectivity index (χ1v) is 11.4. The monoisotopic (exact) mass is 404 g/mol. The van der Waals surface area contributed by atoms with Crippen molar-refractivity contribution in [3.63, 3.8) is 0 Å². The van der Waals surface area contributed by atoms with Crippen molar-refractivity contribution in [3.8, 4) is 11.5 Å². The molecule has 1 N–H and O–H groups in total. The van der Waals surface area contributed by atoms with Crippen LogP contribution in [-0.4, -0.2) is 19.9 Å². The summed E-state index contributed by atoms with van der Waals surface area (Å²) in [6, 6.07) is 12.5. The minimum absolute atomic E-state index is 0.00916. The Labute approximate surface area is 181 Å². The summed E-state index contributed by atoms with van der Waals surface area (Å²) in [6.45, 7) is 11.4. The van der Waals surface area contributed by atoms with E-state index in [9.17, 15) is 0 Å². The summed E-state index contributed by atoms with van der Waals surface area (Å²) >= 11 is 0. The number of pyridine rings is 2. The van der Waals surface area contributed by atoms with Crippen LogP contribution in [0.25, 0.3) is 11.5 Å². The molecule has 0 radical (unpaired) electrons. The first-order chi connectivity index (χ1) is 14.4. The fourth-order valence-corrected chi connectivity index (χ4v) is 4.25. The van der Waals surface area contributed by atoms with Crippen LogP contribution in [-0.2, 0) is 17.3 Å². The van der Waals surface area contributed by atoms with Crippen LogP contribution in [0.5, 0.6) is 0 Å². The standard InChI is InChI=1S/C26H36N4/c1-6-9-16-25(4,5)22-14-12-15-23(30-22)26(7-2,8-3)18-20-19-28-24(29-20)21-13-10-11-17-27-21/h10-15,17,19H,6-9,16,18H2,1-5H3,(H,28,29). The number of nitrogens with one attached hydrogen (secondary N) is 1. The van der Waals surface area contributed by atoms with Gasteiger partial charge in [0.15, 0.2) is 5.82 Å². The third-order valence-corrected chi connectivity index (χ3v) is 6.56. The van der Waals surface area contributed by atoms with Crippen molar-refractivity contribution in [2.45, 2.75) is 84.0 Å². The maximum absolute atomic E-state index is 5.23. The van der Waals surface area contributed by atoms with Gasteiger partial charge in [-0.25, -0.2) is 4.98 Å². The van der Waals surface area contributed by atoms with Crippen LogP contribution >= 0.6 is 0 Å². The number of nitrogens with zero attached hydrogens (tertiary/aromatic N) is 3. The number of hydrogen-bond donors (Lipinski definition) is 1. The van der Waals surface area contributed by atoms with E-state index in [1.807, 2.05) is 24.4 Å². The molecular formula is C26H36N4. The Morgan fingerprint density at radius 3 is 2.33 bits per heavy atom. The van der Waals surface area contributed by atoms with Gasteiger partial charge in [-0.15, -0.1) is 0 Å². The molecule has 4 nitrogen and oxygen atoms in total. The summed E-state index contributed by atoms with van der Waals surface area (Å²) < 4.78 is 0. The summed E-state index contributed by atoms with van der Waals surface area (Å²) in [4.78, 5) is 17.7. The summed E-state index contributed by atoms with van der Waals surface area (Å²) in [5.74, 6) is 0.828. The zero-order chi connectivity index (χ0) is 21.6. The molecule has 0 atom stereocenters. The molecule has 3 aromatic heterocycles. The smallest absolute Gasteiger partial charge is 0.156 e. The highest BCUT2D eigenvalue weighted by Crippen LogP contribution is 2.36. The summed E-state index contributed by atoms with van der Waals surface area (Å²) in [6.07, 6.45) is 10.3. The molecular weight excluding hydrogens is 368 g/mol. The number of imidazole rings is 1. The van der Waals surface area contributed by atoms with E-state index in [-0.39, 0.29) is 10.8 Å². The van der Waals surface area contributed by atoms with Crippen molar-refractivity contribution in [2.75, 3.05) is 0 Å². The number of aromatic amines is 1. The average molecular weight is 405 g/mol. The predicted molar refractivity (Wildman–Crippen MR) is 125 cm³/mol. The maximum Gasteiger partial charge on any atom is 0.156 e. The molecule has 160 valence electrons. The lowest BCUT2D eigenvalue weighted by Crippen LogP contribution is -2.30. The van der Waals surface area contributed by atoms with Gasteiger partial charge < -0.3 is 4.98 Å². The van der Waals surface area contributed by atoms with E-state index in [1.165, 1.54) is 30.7 Å². The fraction of sp³-hybridized carbons (Fsp3) is 0.500. The molecule has 0 amide bonds. The minimum Gasteiger partial charge on any atom is -0.341 e. The third-order valence-electron chi connectivity index (χ3n) is 6.56. The first kappa shape index (κ1) is 22.2. The van der Waals surface area contributed by atoms with Crippen LogP contribution in [0.2, 0.25) is 0 Å². The molecule has 0 fully saturated rings. The van der Waals surface area contributed by atoms with Gasteiger partial charge in [-0.05, 0) is 43.5 Å².